The third-order valence-corrected chi connectivity index (χ3v) is 6.72. The van der Waals surface area contributed by atoms with Gasteiger partial charge in [0.05, 0.1) is 0 Å². The van der Waals surface area contributed by atoms with Crippen LogP contribution in [0, 0.1) is 18.3 Å². The van der Waals surface area contributed by atoms with Gasteiger partial charge in [0.15, 0.2) is 0 Å². The summed E-state index contributed by atoms with van der Waals surface area (Å²) in [5.41, 5.74) is 0.164. The second-order valence-corrected chi connectivity index (χ2v) is 12.9. The van der Waals surface area contributed by atoms with Crippen LogP contribution in [0.5, 0.6) is 0 Å². The summed E-state index contributed by atoms with van der Waals surface area (Å²) in [7, 11) is 0. The zero-order valence-electron chi connectivity index (χ0n) is 26.1. The fraction of sp³-hybridized carbons (Fsp3) is 0.471. The fourth-order valence-corrected chi connectivity index (χ4v) is 4.71. The van der Waals surface area contributed by atoms with E-state index in [1.165, 1.54) is 4.90 Å². The number of alkyl carbamates (subject to hydrolysis) is 1. The normalized spacial score (nSPS) is 17.4. The number of amides is 3. The van der Waals surface area contributed by atoms with Crippen LogP contribution in [0.3, 0.4) is 0 Å². The van der Waals surface area contributed by atoms with Gasteiger partial charge in [-0.05, 0) is 71.1 Å². The maximum atomic E-state index is 14.3. The van der Waals surface area contributed by atoms with Crippen LogP contribution >= 0.6 is 0 Å². The van der Waals surface area contributed by atoms with Crippen molar-refractivity contribution >= 4 is 23.9 Å². The highest BCUT2D eigenvalue weighted by molar-refractivity contribution is 5.93. The van der Waals surface area contributed by atoms with E-state index in [1.54, 1.807) is 65.8 Å². The number of esters is 1. The van der Waals surface area contributed by atoms with E-state index in [0.717, 1.165) is 5.56 Å². The highest BCUT2D eigenvalue weighted by atomic mass is 16.6. The van der Waals surface area contributed by atoms with Gasteiger partial charge >= 0.3 is 12.1 Å². The molecular formula is C34H43N3O6. The second-order valence-electron chi connectivity index (χ2n) is 12.9. The van der Waals surface area contributed by atoms with Gasteiger partial charge in [0, 0.05) is 18.0 Å². The fourth-order valence-electron chi connectivity index (χ4n) is 4.71. The van der Waals surface area contributed by atoms with Crippen molar-refractivity contribution in [3.63, 3.8) is 0 Å². The molecule has 0 heterocycles. The first-order valence-electron chi connectivity index (χ1n) is 14.5. The molecule has 1 fully saturated rings. The molecule has 1 aliphatic rings. The summed E-state index contributed by atoms with van der Waals surface area (Å²) in [6, 6.07) is 13.7. The molecule has 9 nitrogen and oxygen atoms in total. The second kappa shape index (κ2) is 13.8. The number of ether oxygens (including phenoxy) is 2. The van der Waals surface area contributed by atoms with Gasteiger partial charge in [0.2, 0.25) is 11.8 Å². The van der Waals surface area contributed by atoms with Crippen molar-refractivity contribution in [3.05, 3.63) is 71.3 Å². The number of carbonyl (C=O) groups excluding carboxylic acids is 4. The molecule has 230 valence electrons. The molecule has 0 aromatic heterocycles. The number of nitrogens with one attached hydrogen (secondary N) is 2. The van der Waals surface area contributed by atoms with Crippen molar-refractivity contribution < 1.29 is 28.7 Å². The summed E-state index contributed by atoms with van der Waals surface area (Å²) < 4.78 is 11.0. The predicted octanol–water partition coefficient (Wildman–Crippen LogP) is 4.54. The molecule has 9 heteroatoms. The summed E-state index contributed by atoms with van der Waals surface area (Å²) >= 11 is 0. The van der Waals surface area contributed by atoms with Crippen molar-refractivity contribution in [1.29, 1.82) is 0 Å². The summed E-state index contributed by atoms with van der Waals surface area (Å²) in [4.78, 5) is 55.3. The highest BCUT2D eigenvalue weighted by Crippen LogP contribution is 2.41. The molecule has 1 saturated carbocycles. The van der Waals surface area contributed by atoms with Crippen LogP contribution in [0.2, 0.25) is 0 Å². The van der Waals surface area contributed by atoms with Crippen molar-refractivity contribution in [3.8, 4) is 12.3 Å². The number of nitrogens with zero attached hydrogens (tertiary/aromatic N) is 1. The molecule has 0 saturated heterocycles. The average Bonchev–Trinajstić information content (AvgIpc) is 3.63. The van der Waals surface area contributed by atoms with Gasteiger partial charge in [-0.15, -0.1) is 6.42 Å². The lowest BCUT2D eigenvalue weighted by molar-refractivity contribution is -0.159. The predicted molar refractivity (Wildman–Crippen MR) is 164 cm³/mol. The Morgan fingerprint density at radius 1 is 0.953 bits per heavy atom. The molecule has 4 atom stereocenters. The molecule has 3 amide bonds. The first kappa shape index (κ1) is 33.2. The lowest BCUT2D eigenvalue weighted by atomic mass is 9.97. The van der Waals surface area contributed by atoms with E-state index in [-0.39, 0.29) is 24.9 Å². The molecule has 2 aromatic carbocycles. The topological polar surface area (TPSA) is 114 Å². The standard InChI is InChI=1S/C34H43N3O6/c1-9-24-17-13-14-18-25(24)29(37(27-19-22(27)2)28(38)21-35-32(41)43-34(6,7)8)30(39)36-26(31(40)42-33(3,4)5)20-23-15-11-10-12-16-23/h1,10-18,22,26-27,29H,19-21H2,2-8H3,(H,35,41)(H,36,39). The smallest absolute Gasteiger partial charge is 0.408 e. The van der Waals surface area contributed by atoms with E-state index >= 15 is 0 Å². The largest absolute Gasteiger partial charge is 0.458 e. The minimum absolute atomic E-state index is 0.116. The summed E-state index contributed by atoms with van der Waals surface area (Å²) in [6.07, 6.45) is 5.93. The van der Waals surface area contributed by atoms with Crippen LogP contribution in [-0.4, -0.2) is 58.6 Å². The van der Waals surface area contributed by atoms with Gasteiger partial charge in [-0.1, -0.05) is 61.4 Å². The molecule has 2 N–H and O–H groups in total. The van der Waals surface area contributed by atoms with Crippen LogP contribution < -0.4 is 10.6 Å². The summed E-state index contributed by atoms with van der Waals surface area (Å²) in [6.45, 7) is 12.0. The molecule has 4 unspecified atom stereocenters. The lowest BCUT2D eigenvalue weighted by Crippen LogP contribution is -2.53. The van der Waals surface area contributed by atoms with Crippen LogP contribution in [0.1, 0.15) is 77.6 Å². The quantitative estimate of drug-likeness (QED) is 0.311. The lowest BCUT2D eigenvalue weighted by Gasteiger charge is -2.34. The first-order chi connectivity index (χ1) is 20.1. The van der Waals surface area contributed by atoms with Crippen molar-refractivity contribution in [2.45, 2.75) is 90.6 Å². The monoisotopic (exact) mass is 589 g/mol. The number of terminal acetylenes is 1. The molecule has 3 rings (SSSR count). The SMILES string of the molecule is C#Cc1ccccc1C(C(=O)NC(Cc1ccccc1)C(=O)OC(C)(C)C)N(C(=O)CNC(=O)OC(C)(C)C)C1CC1C. The molecule has 1 aliphatic carbocycles. The van der Waals surface area contributed by atoms with Gasteiger partial charge in [-0.3, -0.25) is 9.59 Å². The molecule has 0 spiro atoms. The number of hydrogen-bond acceptors (Lipinski definition) is 6. The van der Waals surface area contributed by atoms with E-state index in [9.17, 15) is 19.2 Å². The first-order valence-corrected chi connectivity index (χ1v) is 14.5. The Labute approximate surface area is 254 Å². The summed E-state index contributed by atoms with van der Waals surface area (Å²) in [5, 5.41) is 5.39. The van der Waals surface area contributed by atoms with Gasteiger partial charge < -0.3 is 25.0 Å². The van der Waals surface area contributed by atoms with Crippen LogP contribution in [-0.2, 0) is 30.3 Å². The van der Waals surface area contributed by atoms with Gasteiger partial charge in [0.1, 0.15) is 29.8 Å². The Bertz CT molecular complexity index is 1350. The Balaban J connectivity index is 2.00. The maximum absolute atomic E-state index is 14.3. The maximum Gasteiger partial charge on any atom is 0.408 e. The van der Waals surface area contributed by atoms with Crippen molar-refractivity contribution in [2.24, 2.45) is 5.92 Å². The van der Waals surface area contributed by atoms with Crippen LogP contribution in [0.4, 0.5) is 4.79 Å². The molecule has 0 radical (unpaired) electrons. The van der Waals surface area contributed by atoms with E-state index in [0.29, 0.717) is 17.5 Å². The molecule has 43 heavy (non-hydrogen) atoms. The Hall–Kier alpha value is -4.32. The van der Waals surface area contributed by atoms with Gasteiger partial charge in [0.25, 0.3) is 0 Å². The Kier molecular flexibility index (Phi) is 10.6. The molecular weight excluding hydrogens is 546 g/mol. The Morgan fingerprint density at radius 3 is 2.09 bits per heavy atom. The van der Waals surface area contributed by atoms with E-state index in [1.807, 2.05) is 37.3 Å². The number of hydrogen-bond donors (Lipinski definition) is 2. The van der Waals surface area contributed by atoms with Gasteiger partial charge in [-0.25, -0.2) is 9.59 Å². The van der Waals surface area contributed by atoms with Crippen LogP contribution in [0.15, 0.2) is 54.6 Å². The number of rotatable bonds is 10. The van der Waals surface area contributed by atoms with E-state index in [2.05, 4.69) is 16.6 Å². The summed E-state index contributed by atoms with van der Waals surface area (Å²) in [5.74, 6) is 1.07. The Morgan fingerprint density at radius 2 is 1.53 bits per heavy atom. The number of benzene rings is 2. The zero-order valence-corrected chi connectivity index (χ0v) is 26.1. The third-order valence-electron chi connectivity index (χ3n) is 6.72. The molecule has 0 aliphatic heterocycles. The van der Waals surface area contributed by atoms with E-state index < -0.39 is 47.2 Å². The van der Waals surface area contributed by atoms with E-state index in [4.69, 9.17) is 15.9 Å². The zero-order chi connectivity index (χ0) is 31.9. The molecule has 2 aromatic rings. The minimum atomic E-state index is -1.17. The third kappa shape index (κ3) is 9.88. The number of carbonyl (C=O) groups is 4. The van der Waals surface area contributed by atoms with Crippen LogP contribution in [0.25, 0.3) is 0 Å². The molecule has 0 bridgehead atoms. The van der Waals surface area contributed by atoms with Gasteiger partial charge in [-0.2, -0.15) is 0 Å². The average molecular weight is 590 g/mol. The highest BCUT2D eigenvalue weighted by Gasteiger charge is 2.47. The minimum Gasteiger partial charge on any atom is -0.458 e. The van der Waals surface area contributed by atoms with Crippen molar-refractivity contribution in [2.75, 3.05) is 6.54 Å². The van der Waals surface area contributed by atoms with Crippen molar-refractivity contribution in [1.82, 2.24) is 15.5 Å².